The third-order valence-corrected chi connectivity index (χ3v) is 8.58. The molecule has 4 rings (SSSR count). The molecule has 35 heavy (non-hydrogen) atoms. The zero-order valence-electron chi connectivity index (χ0n) is 19.0. The number of benzene rings is 1. The van der Waals surface area contributed by atoms with Crippen LogP contribution in [0, 0.1) is 5.92 Å². The van der Waals surface area contributed by atoms with Crippen LogP contribution in [0.2, 0.25) is 0 Å². The van der Waals surface area contributed by atoms with Crippen LogP contribution in [0.15, 0.2) is 47.5 Å². The fourth-order valence-electron chi connectivity index (χ4n) is 4.51. The minimum atomic E-state index is -4.44. The summed E-state index contributed by atoms with van der Waals surface area (Å²) in [5, 5.41) is 22.5. The molecule has 2 aromatic rings. The van der Waals surface area contributed by atoms with E-state index < -0.39 is 27.9 Å². The number of aliphatic hydroxyl groups excluding tert-OH is 2. The normalized spacial score (nSPS) is 22.8. The minimum absolute atomic E-state index is 0.0954. The smallest absolute Gasteiger partial charge is 0.396 e. The van der Waals surface area contributed by atoms with E-state index in [4.69, 9.17) is 0 Å². The number of hydrogen-bond acceptors (Lipinski definition) is 7. The molecule has 3 heterocycles. The maximum absolute atomic E-state index is 13.1. The quantitative estimate of drug-likeness (QED) is 0.544. The molecule has 0 radical (unpaired) electrons. The van der Waals surface area contributed by atoms with E-state index in [0.717, 1.165) is 18.0 Å². The van der Waals surface area contributed by atoms with Crippen molar-refractivity contribution in [2.75, 3.05) is 43.0 Å². The van der Waals surface area contributed by atoms with Gasteiger partial charge in [-0.25, -0.2) is 13.4 Å². The van der Waals surface area contributed by atoms with Gasteiger partial charge in [0.05, 0.1) is 23.2 Å². The summed E-state index contributed by atoms with van der Waals surface area (Å²) in [5.74, 6) is 0.0865. The van der Waals surface area contributed by atoms with Gasteiger partial charge in [0.25, 0.3) is 0 Å². The lowest BCUT2D eigenvalue weighted by atomic mass is 9.95. The summed E-state index contributed by atoms with van der Waals surface area (Å²) < 4.78 is 65.7. The number of aliphatic hydroxyl groups is 2. The Hall–Kier alpha value is -2.41. The van der Waals surface area contributed by atoms with Gasteiger partial charge in [-0.05, 0) is 55.7 Å². The summed E-state index contributed by atoms with van der Waals surface area (Å²) >= 11 is 0. The topological polar surface area (TPSA) is 106 Å². The van der Waals surface area contributed by atoms with E-state index in [2.05, 4.69) is 10.3 Å². The van der Waals surface area contributed by atoms with Crippen LogP contribution in [0.25, 0.3) is 0 Å². The van der Waals surface area contributed by atoms with Gasteiger partial charge in [0.15, 0.2) is 0 Å². The van der Waals surface area contributed by atoms with Crippen LogP contribution < -0.4 is 10.2 Å². The Kier molecular flexibility index (Phi) is 7.55. The second kappa shape index (κ2) is 10.3. The SMILES string of the molecule is O=S(=O)(c1ccc(N2CC[C@H](O)[C@@H](CO)C2)cc1)N1CCC(Nc2ccc(C(F)(F)F)cn2)CC1. The standard InChI is InChI=1S/C23H29F3N4O4S/c24-23(25,26)17-1-6-22(27-13-17)28-18-7-11-30(12-8-18)35(33,34)20-4-2-19(3-5-20)29-10-9-21(32)16(14-29)15-31/h1-6,13,16,18,21,31-32H,7-12,14-15H2,(H,27,28)/t16-,21+/m1/s1. The number of anilines is 2. The summed E-state index contributed by atoms with van der Waals surface area (Å²) in [6.07, 6.45) is -2.67. The van der Waals surface area contributed by atoms with Crippen molar-refractivity contribution >= 4 is 21.5 Å². The van der Waals surface area contributed by atoms with Crippen LogP contribution in [-0.2, 0) is 16.2 Å². The van der Waals surface area contributed by atoms with Gasteiger partial charge in [0.2, 0.25) is 10.0 Å². The van der Waals surface area contributed by atoms with Crippen molar-refractivity contribution in [2.24, 2.45) is 5.92 Å². The predicted octanol–water partition coefficient (Wildman–Crippen LogP) is 2.55. The average molecular weight is 515 g/mol. The molecule has 0 amide bonds. The van der Waals surface area contributed by atoms with Gasteiger partial charge in [-0.3, -0.25) is 0 Å². The summed E-state index contributed by atoms with van der Waals surface area (Å²) in [7, 11) is -3.69. The Morgan fingerprint density at radius 1 is 1.03 bits per heavy atom. The van der Waals surface area contributed by atoms with Gasteiger partial charge in [0.1, 0.15) is 5.82 Å². The third kappa shape index (κ3) is 5.88. The number of nitrogens with zero attached hydrogens (tertiary/aromatic N) is 3. The molecule has 0 unspecified atom stereocenters. The number of pyridine rings is 1. The van der Waals surface area contributed by atoms with Gasteiger partial charge in [-0.1, -0.05) is 0 Å². The molecular formula is C23H29F3N4O4S. The summed E-state index contributed by atoms with van der Waals surface area (Å²) in [4.78, 5) is 6.03. The number of alkyl halides is 3. The van der Waals surface area contributed by atoms with Gasteiger partial charge in [-0.2, -0.15) is 17.5 Å². The van der Waals surface area contributed by atoms with Crippen molar-refractivity contribution in [3.05, 3.63) is 48.2 Å². The molecule has 0 spiro atoms. The first-order chi connectivity index (χ1) is 16.6. The van der Waals surface area contributed by atoms with Crippen LogP contribution >= 0.6 is 0 Å². The van der Waals surface area contributed by atoms with Gasteiger partial charge >= 0.3 is 6.18 Å². The molecule has 2 saturated heterocycles. The molecule has 0 saturated carbocycles. The summed E-state index contributed by atoms with van der Waals surface area (Å²) in [6.45, 7) is 1.58. The average Bonchev–Trinajstić information content (AvgIpc) is 2.84. The zero-order valence-corrected chi connectivity index (χ0v) is 19.8. The Labute approximate surface area is 202 Å². The highest BCUT2D eigenvalue weighted by molar-refractivity contribution is 7.89. The minimum Gasteiger partial charge on any atom is -0.396 e. The molecular weight excluding hydrogens is 485 g/mol. The number of nitrogens with one attached hydrogen (secondary N) is 1. The lowest BCUT2D eigenvalue weighted by Crippen LogP contribution is -2.44. The first-order valence-corrected chi connectivity index (χ1v) is 13.0. The van der Waals surface area contributed by atoms with E-state index in [1.54, 1.807) is 24.3 Å². The fourth-order valence-corrected chi connectivity index (χ4v) is 5.98. The van der Waals surface area contributed by atoms with E-state index in [9.17, 15) is 31.8 Å². The van der Waals surface area contributed by atoms with Crippen molar-refractivity contribution in [3.8, 4) is 0 Å². The highest BCUT2D eigenvalue weighted by atomic mass is 32.2. The van der Waals surface area contributed by atoms with E-state index in [0.29, 0.717) is 38.2 Å². The summed E-state index contributed by atoms with van der Waals surface area (Å²) in [6, 6.07) is 8.77. The molecule has 2 atom stereocenters. The summed E-state index contributed by atoms with van der Waals surface area (Å²) in [5.41, 5.74) is 0.0160. The number of piperidine rings is 2. The Morgan fingerprint density at radius 3 is 2.29 bits per heavy atom. The lowest BCUT2D eigenvalue weighted by molar-refractivity contribution is -0.137. The van der Waals surface area contributed by atoms with Crippen molar-refractivity contribution < 1.29 is 31.8 Å². The number of aromatic nitrogens is 1. The highest BCUT2D eigenvalue weighted by Gasteiger charge is 2.32. The predicted molar refractivity (Wildman–Crippen MR) is 124 cm³/mol. The molecule has 12 heteroatoms. The first-order valence-electron chi connectivity index (χ1n) is 11.5. The molecule has 2 aliphatic heterocycles. The van der Waals surface area contributed by atoms with E-state index in [-0.39, 0.29) is 36.6 Å². The maximum atomic E-state index is 13.1. The van der Waals surface area contributed by atoms with Crippen LogP contribution in [0.4, 0.5) is 24.7 Å². The Bertz CT molecular complexity index is 1090. The van der Waals surface area contributed by atoms with Crippen molar-refractivity contribution in [2.45, 2.75) is 42.5 Å². The van der Waals surface area contributed by atoms with Gasteiger partial charge in [-0.15, -0.1) is 0 Å². The maximum Gasteiger partial charge on any atom is 0.417 e. The monoisotopic (exact) mass is 514 g/mol. The molecule has 0 aliphatic carbocycles. The molecule has 8 nitrogen and oxygen atoms in total. The molecule has 0 bridgehead atoms. The molecule has 192 valence electrons. The molecule has 3 N–H and O–H groups in total. The van der Waals surface area contributed by atoms with Gasteiger partial charge < -0.3 is 20.4 Å². The second-order valence-corrected chi connectivity index (χ2v) is 10.9. The van der Waals surface area contributed by atoms with Gasteiger partial charge in [0, 0.05) is 50.0 Å². The van der Waals surface area contributed by atoms with Crippen molar-refractivity contribution in [3.63, 3.8) is 0 Å². The van der Waals surface area contributed by atoms with Crippen LogP contribution in [0.3, 0.4) is 0 Å². The number of sulfonamides is 1. The van der Waals surface area contributed by atoms with E-state index in [1.165, 1.54) is 10.4 Å². The first kappa shape index (κ1) is 25.7. The molecule has 1 aromatic heterocycles. The van der Waals surface area contributed by atoms with E-state index in [1.807, 2.05) is 4.90 Å². The Morgan fingerprint density at radius 2 is 1.71 bits per heavy atom. The lowest BCUT2D eigenvalue weighted by Gasteiger charge is -2.37. The number of hydrogen-bond donors (Lipinski definition) is 3. The third-order valence-electron chi connectivity index (χ3n) is 6.66. The molecule has 1 aromatic carbocycles. The van der Waals surface area contributed by atoms with Crippen LogP contribution in [0.5, 0.6) is 0 Å². The Balaban J connectivity index is 1.34. The largest absolute Gasteiger partial charge is 0.417 e. The van der Waals surface area contributed by atoms with Crippen LogP contribution in [-0.4, -0.2) is 72.9 Å². The van der Waals surface area contributed by atoms with Crippen molar-refractivity contribution in [1.29, 1.82) is 0 Å². The van der Waals surface area contributed by atoms with E-state index >= 15 is 0 Å². The van der Waals surface area contributed by atoms with Crippen molar-refractivity contribution in [1.82, 2.24) is 9.29 Å². The fraction of sp³-hybridized carbons (Fsp3) is 0.522. The second-order valence-electron chi connectivity index (χ2n) is 8.99. The number of rotatable bonds is 6. The van der Waals surface area contributed by atoms with Crippen LogP contribution in [0.1, 0.15) is 24.8 Å². The highest BCUT2D eigenvalue weighted by Crippen LogP contribution is 2.30. The molecule has 2 aliphatic rings. The number of halogens is 3. The zero-order chi connectivity index (χ0) is 25.2. The molecule has 2 fully saturated rings.